The Bertz CT molecular complexity index is 1190. The lowest BCUT2D eigenvalue weighted by molar-refractivity contribution is -0.118. The van der Waals surface area contributed by atoms with Gasteiger partial charge in [0.25, 0.3) is 0 Å². The van der Waals surface area contributed by atoms with Crippen LogP contribution < -0.4 is 26.4 Å². The molecule has 0 fully saturated rings. The number of benzene rings is 2. The van der Waals surface area contributed by atoms with Crippen LogP contribution in [0.5, 0.6) is 5.75 Å². The van der Waals surface area contributed by atoms with E-state index in [-0.39, 0.29) is 41.4 Å². The third kappa shape index (κ3) is 9.37. The van der Waals surface area contributed by atoms with Crippen LogP contribution >= 0.6 is 23.2 Å². The van der Waals surface area contributed by atoms with Crippen molar-refractivity contribution in [3.63, 3.8) is 0 Å². The van der Waals surface area contributed by atoms with Gasteiger partial charge in [-0.15, -0.1) is 0 Å². The smallest absolute Gasteiger partial charge is 0.238 e. The second-order valence-corrected chi connectivity index (χ2v) is 8.95. The van der Waals surface area contributed by atoms with Crippen LogP contribution in [0.2, 0.25) is 10.0 Å². The quantitative estimate of drug-likeness (QED) is 0.326. The van der Waals surface area contributed by atoms with Gasteiger partial charge >= 0.3 is 0 Å². The maximum Gasteiger partial charge on any atom is 0.238 e. The number of carbonyl (C=O) groups is 2. The Morgan fingerprint density at radius 1 is 1.08 bits per heavy atom. The van der Waals surface area contributed by atoms with Crippen LogP contribution in [0.3, 0.4) is 0 Å². The summed E-state index contributed by atoms with van der Waals surface area (Å²) < 4.78 is 5.73. The first-order chi connectivity index (χ1) is 18.4. The van der Waals surface area contributed by atoms with E-state index in [0.29, 0.717) is 48.0 Å². The van der Waals surface area contributed by atoms with Gasteiger partial charge in [0.15, 0.2) is 5.96 Å². The molecule has 4 bridgehead atoms. The number of carbonyl (C=O) groups excluding carboxylic acids is 2. The van der Waals surface area contributed by atoms with Crippen LogP contribution in [0.25, 0.3) is 0 Å². The monoisotopic (exact) mass is 560 g/mol. The van der Waals surface area contributed by atoms with Gasteiger partial charge in [0, 0.05) is 5.56 Å². The van der Waals surface area contributed by atoms with E-state index in [2.05, 4.69) is 26.1 Å². The minimum absolute atomic E-state index is 0.0798. The molecule has 0 atom stereocenters. The van der Waals surface area contributed by atoms with Crippen molar-refractivity contribution in [2.24, 2.45) is 15.9 Å². The summed E-state index contributed by atoms with van der Waals surface area (Å²) in [7, 11) is 0. The predicted octanol–water partition coefficient (Wildman–Crippen LogP) is 3.62. The van der Waals surface area contributed by atoms with Crippen molar-refractivity contribution >= 4 is 52.4 Å². The number of nitrogens with two attached hydrogens (primary N) is 1. The molecule has 4 heterocycles. The number of rotatable bonds is 2. The number of aliphatic imine (C=N–C) groups is 1. The predicted molar refractivity (Wildman–Crippen MR) is 150 cm³/mol. The lowest BCUT2D eigenvalue weighted by Gasteiger charge is -2.12. The summed E-state index contributed by atoms with van der Waals surface area (Å²) in [6.07, 6.45) is 4.50. The first kappa shape index (κ1) is 29.0. The van der Waals surface area contributed by atoms with Gasteiger partial charge in [-0.05, 0) is 61.9 Å². The second-order valence-electron chi connectivity index (χ2n) is 8.14. The fourth-order valence-corrected chi connectivity index (χ4v) is 3.99. The van der Waals surface area contributed by atoms with Crippen LogP contribution in [0.4, 0.5) is 5.69 Å². The lowest BCUT2D eigenvalue weighted by atomic mass is 10.1. The second kappa shape index (κ2) is 15.0. The first-order valence-electron chi connectivity index (χ1n) is 12.0. The molecular weight excluding hydrogens is 531 g/mol. The fourth-order valence-electron chi connectivity index (χ4n) is 3.37. The molecule has 0 spiro atoms. The van der Waals surface area contributed by atoms with E-state index in [1.54, 1.807) is 43.3 Å². The van der Waals surface area contributed by atoms with Crippen molar-refractivity contribution < 1.29 is 19.2 Å². The van der Waals surface area contributed by atoms with Crippen LogP contribution in [-0.2, 0) is 21.0 Å². The lowest BCUT2D eigenvalue weighted by Crippen LogP contribution is -2.37. The van der Waals surface area contributed by atoms with Crippen molar-refractivity contribution in [1.29, 1.82) is 0 Å². The van der Waals surface area contributed by atoms with Gasteiger partial charge in [0.1, 0.15) is 19.0 Å². The van der Waals surface area contributed by atoms with E-state index in [1.165, 1.54) is 0 Å². The molecule has 6 rings (SSSR count). The molecule has 0 radical (unpaired) electrons. The zero-order valence-corrected chi connectivity index (χ0v) is 22.4. The van der Waals surface area contributed by atoms with Crippen molar-refractivity contribution in [2.45, 2.75) is 26.3 Å². The minimum Gasteiger partial charge on any atom is -0.490 e. The van der Waals surface area contributed by atoms with Gasteiger partial charge in [-0.2, -0.15) is 0 Å². The Hall–Kier alpha value is -3.60. The number of amides is 2. The molecule has 2 amide bonds. The van der Waals surface area contributed by atoms with Crippen LogP contribution in [0.15, 0.2) is 58.7 Å². The van der Waals surface area contributed by atoms with Crippen molar-refractivity contribution in [3.05, 3.63) is 69.7 Å². The molecule has 2 aromatic rings. The zero-order chi connectivity index (χ0) is 27.3. The average molecular weight is 561 g/mol. The largest absolute Gasteiger partial charge is 0.490 e. The van der Waals surface area contributed by atoms with E-state index < -0.39 is 5.91 Å². The highest BCUT2D eigenvalue weighted by molar-refractivity contribution is 6.39. The number of hydrogen-bond acceptors (Lipinski definition) is 8. The molecule has 38 heavy (non-hydrogen) atoms. The zero-order valence-electron chi connectivity index (χ0n) is 20.9. The number of ether oxygens (including phenoxy) is 1. The molecule has 4 aliphatic heterocycles. The summed E-state index contributed by atoms with van der Waals surface area (Å²) in [6, 6.07) is 10.4. The molecule has 202 valence electrons. The van der Waals surface area contributed by atoms with Gasteiger partial charge in [-0.1, -0.05) is 40.5 Å². The summed E-state index contributed by atoms with van der Waals surface area (Å²) in [5.74, 6) is -0.105. The Morgan fingerprint density at radius 2 is 1.82 bits per heavy atom. The molecule has 0 aromatic heterocycles. The molecule has 4 aliphatic rings. The van der Waals surface area contributed by atoms with Gasteiger partial charge in [-0.25, -0.2) is 4.99 Å². The third-order valence-corrected chi connectivity index (χ3v) is 5.77. The molecular formula is C26H30Cl2N6O4. The molecule has 0 saturated heterocycles. The van der Waals surface area contributed by atoms with Gasteiger partial charge < -0.3 is 25.9 Å². The fraction of sp³-hybridized carbons (Fsp3) is 0.308. The molecule has 10 nitrogen and oxygen atoms in total. The highest BCUT2D eigenvalue weighted by Crippen LogP contribution is 2.32. The minimum atomic E-state index is -0.413. The molecule has 5 N–H and O–H groups in total. The van der Waals surface area contributed by atoms with E-state index in [9.17, 15) is 9.59 Å². The Balaban J connectivity index is 1.80. The number of nitrogens with one attached hydrogen (secondary N) is 3. The van der Waals surface area contributed by atoms with E-state index in [1.807, 2.05) is 12.2 Å². The van der Waals surface area contributed by atoms with Crippen LogP contribution in [0, 0.1) is 0 Å². The average Bonchev–Trinajstić information content (AvgIpc) is 2.89. The third-order valence-electron chi connectivity index (χ3n) is 5.17. The summed E-state index contributed by atoms with van der Waals surface area (Å²) in [6.45, 7) is 3.35. The molecule has 0 unspecified atom stereocenters. The van der Waals surface area contributed by atoms with Gasteiger partial charge in [0.05, 0.1) is 41.0 Å². The number of hydrogen-bond donors (Lipinski definition) is 4. The molecule has 0 aliphatic carbocycles. The highest BCUT2D eigenvalue weighted by atomic mass is 35.5. The van der Waals surface area contributed by atoms with Gasteiger partial charge in [-0.3, -0.25) is 14.9 Å². The highest BCUT2D eigenvalue weighted by Gasteiger charge is 2.14. The number of halogens is 2. The van der Waals surface area contributed by atoms with Crippen molar-refractivity contribution in [3.8, 4) is 5.75 Å². The number of anilines is 1. The van der Waals surface area contributed by atoms with E-state index >= 15 is 0 Å². The summed E-state index contributed by atoms with van der Waals surface area (Å²) >= 11 is 12.7. The van der Waals surface area contributed by atoms with Gasteiger partial charge in [0.2, 0.25) is 11.8 Å². The molecule has 12 heteroatoms. The summed E-state index contributed by atoms with van der Waals surface area (Å²) in [5.41, 5.74) is 8.01. The Morgan fingerprint density at radius 3 is 2.53 bits per heavy atom. The van der Waals surface area contributed by atoms with Crippen molar-refractivity contribution in [2.75, 3.05) is 31.6 Å². The topological polar surface area (TPSA) is 139 Å². The van der Waals surface area contributed by atoms with Crippen LogP contribution in [0.1, 0.15) is 30.9 Å². The van der Waals surface area contributed by atoms with Crippen molar-refractivity contribution in [1.82, 2.24) is 10.6 Å². The first-order valence-corrected chi connectivity index (χ1v) is 12.8. The Labute approximate surface area is 231 Å². The summed E-state index contributed by atoms with van der Waals surface area (Å²) in [4.78, 5) is 34.3. The number of nitrogens with zero attached hydrogens (tertiary/aromatic N) is 2. The number of oxime groups is 1. The van der Waals surface area contributed by atoms with E-state index in [0.717, 1.165) is 6.42 Å². The summed E-state index contributed by atoms with van der Waals surface area (Å²) in [5, 5.41) is 12.9. The Kier molecular flexibility index (Phi) is 11.4. The molecule has 2 aromatic carbocycles. The van der Waals surface area contributed by atoms with Crippen LogP contribution in [-0.4, -0.2) is 49.8 Å². The maximum atomic E-state index is 12.6. The maximum absolute atomic E-state index is 12.6. The molecule has 0 saturated carbocycles. The standard InChI is InChI=1S/C26H30Cl2N6O4/c1-2-38-34-22-14-23(35)33-26(29)31-15-17-12-20(27)25(21(28)13-17)32-24(36)16-30-10-4-3-5-11-37-19-8-6-18(22)7-9-19/h3,5-9,12-13,30H,2,4,10-11,14-16H2,1H3,(H,32,36)(H3,29,31,33,35). The van der Waals surface area contributed by atoms with E-state index in [4.69, 9.17) is 38.5 Å². The number of guanidine groups is 1. The normalized spacial score (nSPS) is 17.1. The SMILES string of the molecule is CCON=C1CC(=O)NC(N)=NCc2cc(Cl)c(c(Cl)c2)NC(=O)CNCCC=CCOc2ccc1cc2.